The highest BCUT2D eigenvalue weighted by atomic mass is 79.9. The van der Waals surface area contributed by atoms with Crippen molar-refractivity contribution in [2.45, 2.75) is 23.3 Å². The molecule has 3 rings (SSSR count). The predicted molar refractivity (Wildman–Crippen MR) is 82.0 cm³/mol. The molecule has 6 heteroatoms. The maximum Gasteiger partial charge on any atom is 0.243 e. The lowest BCUT2D eigenvalue weighted by Crippen LogP contribution is -2.27. The highest BCUT2D eigenvalue weighted by Crippen LogP contribution is 2.41. The largest absolute Gasteiger partial charge is 0.243 e. The van der Waals surface area contributed by atoms with Crippen molar-refractivity contribution < 1.29 is 12.8 Å². The SMILES string of the molecule is O=S(=O)(NC1CC1c1ccccc1)c1ccc(Br)cc1F. The van der Waals surface area contributed by atoms with Crippen molar-refractivity contribution in [1.29, 1.82) is 0 Å². The van der Waals surface area contributed by atoms with Crippen molar-refractivity contribution in [3.63, 3.8) is 0 Å². The molecule has 0 amide bonds. The van der Waals surface area contributed by atoms with Crippen LogP contribution in [0.5, 0.6) is 0 Å². The smallest absolute Gasteiger partial charge is 0.207 e. The zero-order valence-electron chi connectivity index (χ0n) is 11.0. The molecule has 3 nitrogen and oxygen atoms in total. The van der Waals surface area contributed by atoms with Crippen LogP contribution >= 0.6 is 15.9 Å². The van der Waals surface area contributed by atoms with Crippen LogP contribution in [0, 0.1) is 5.82 Å². The standard InChI is InChI=1S/C15H13BrFNO2S/c16-11-6-7-15(13(17)8-11)21(19,20)18-14-9-12(14)10-4-2-1-3-5-10/h1-8,12,14,18H,9H2. The van der Waals surface area contributed by atoms with Crippen molar-refractivity contribution in [1.82, 2.24) is 4.72 Å². The summed E-state index contributed by atoms with van der Waals surface area (Å²) in [5.74, 6) is -0.590. The van der Waals surface area contributed by atoms with Crippen LogP contribution in [0.1, 0.15) is 17.9 Å². The van der Waals surface area contributed by atoms with Crippen LogP contribution in [0.2, 0.25) is 0 Å². The molecular formula is C15H13BrFNO2S. The second kappa shape index (κ2) is 5.51. The van der Waals surface area contributed by atoms with Crippen molar-refractivity contribution in [3.05, 3.63) is 64.4 Å². The zero-order valence-corrected chi connectivity index (χ0v) is 13.4. The average Bonchev–Trinajstić information content (AvgIpc) is 3.17. The molecule has 0 aliphatic heterocycles. The number of benzene rings is 2. The molecule has 0 radical (unpaired) electrons. The first kappa shape index (κ1) is 14.7. The number of sulfonamides is 1. The van der Waals surface area contributed by atoms with E-state index in [4.69, 9.17) is 0 Å². The van der Waals surface area contributed by atoms with E-state index in [0.717, 1.165) is 18.1 Å². The van der Waals surface area contributed by atoms with Crippen molar-refractivity contribution in [2.24, 2.45) is 0 Å². The summed E-state index contributed by atoms with van der Waals surface area (Å²) in [5.41, 5.74) is 1.10. The van der Waals surface area contributed by atoms with Gasteiger partial charge in [-0.15, -0.1) is 0 Å². The molecule has 1 N–H and O–H groups in total. The van der Waals surface area contributed by atoms with Crippen LogP contribution in [0.15, 0.2) is 57.9 Å². The molecule has 1 aliphatic rings. The summed E-state index contributed by atoms with van der Waals surface area (Å²) in [7, 11) is -3.83. The fraction of sp³-hybridized carbons (Fsp3) is 0.200. The van der Waals surface area contributed by atoms with Gasteiger partial charge in [-0.25, -0.2) is 17.5 Å². The van der Waals surface area contributed by atoms with Gasteiger partial charge >= 0.3 is 0 Å². The van der Waals surface area contributed by atoms with Gasteiger partial charge in [0.2, 0.25) is 10.0 Å². The number of hydrogen-bond acceptors (Lipinski definition) is 2. The molecule has 1 saturated carbocycles. The molecule has 1 fully saturated rings. The molecule has 1 aliphatic carbocycles. The molecule has 2 aromatic carbocycles. The third kappa shape index (κ3) is 3.17. The lowest BCUT2D eigenvalue weighted by atomic mass is 10.1. The van der Waals surface area contributed by atoms with Gasteiger partial charge in [0.25, 0.3) is 0 Å². The fourth-order valence-corrected chi connectivity index (χ4v) is 4.03. The van der Waals surface area contributed by atoms with E-state index < -0.39 is 15.8 Å². The third-order valence-electron chi connectivity index (χ3n) is 3.51. The van der Waals surface area contributed by atoms with Gasteiger partial charge in [-0.3, -0.25) is 0 Å². The van der Waals surface area contributed by atoms with Crippen LogP contribution in [0.3, 0.4) is 0 Å². The summed E-state index contributed by atoms with van der Waals surface area (Å²) in [6.07, 6.45) is 0.737. The summed E-state index contributed by atoms with van der Waals surface area (Å²) in [6, 6.07) is 13.5. The van der Waals surface area contributed by atoms with Crippen LogP contribution in [-0.4, -0.2) is 14.5 Å². The summed E-state index contributed by atoms with van der Waals surface area (Å²) in [4.78, 5) is -0.315. The molecule has 0 heterocycles. The third-order valence-corrected chi connectivity index (χ3v) is 5.52. The van der Waals surface area contributed by atoms with Crippen LogP contribution in [0.25, 0.3) is 0 Å². The first-order chi connectivity index (χ1) is 9.97. The highest BCUT2D eigenvalue weighted by Gasteiger charge is 2.41. The Morgan fingerprint density at radius 3 is 2.52 bits per heavy atom. The fourth-order valence-electron chi connectivity index (χ4n) is 2.35. The Bertz CT molecular complexity index is 764. The summed E-state index contributed by atoms with van der Waals surface area (Å²) in [6.45, 7) is 0. The highest BCUT2D eigenvalue weighted by molar-refractivity contribution is 9.10. The molecular weight excluding hydrogens is 357 g/mol. The molecule has 2 unspecified atom stereocenters. The molecule has 110 valence electrons. The van der Waals surface area contributed by atoms with Gasteiger partial charge in [0, 0.05) is 16.4 Å². The van der Waals surface area contributed by atoms with Gasteiger partial charge in [0.05, 0.1) is 0 Å². The van der Waals surface area contributed by atoms with E-state index >= 15 is 0 Å². The van der Waals surface area contributed by atoms with Crippen molar-refractivity contribution >= 4 is 26.0 Å². The van der Waals surface area contributed by atoms with Gasteiger partial charge in [0.1, 0.15) is 10.7 Å². The molecule has 0 bridgehead atoms. The van der Waals surface area contributed by atoms with E-state index in [2.05, 4.69) is 20.7 Å². The predicted octanol–water partition coefficient (Wildman–Crippen LogP) is 3.42. The molecule has 2 atom stereocenters. The van der Waals surface area contributed by atoms with E-state index in [1.807, 2.05) is 30.3 Å². The van der Waals surface area contributed by atoms with E-state index in [9.17, 15) is 12.8 Å². The van der Waals surface area contributed by atoms with Crippen LogP contribution in [-0.2, 0) is 10.0 Å². The number of hydrogen-bond donors (Lipinski definition) is 1. The maximum atomic E-state index is 13.8. The molecule has 0 spiro atoms. The minimum atomic E-state index is -3.83. The van der Waals surface area contributed by atoms with Gasteiger partial charge in [-0.2, -0.15) is 0 Å². The molecule has 21 heavy (non-hydrogen) atoms. The van der Waals surface area contributed by atoms with Crippen LogP contribution < -0.4 is 4.72 Å². The minimum absolute atomic E-state index is 0.166. The topological polar surface area (TPSA) is 46.2 Å². The number of rotatable bonds is 4. The zero-order chi connectivity index (χ0) is 15.0. The van der Waals surface area contributed by atoms with Gasteiger partial charge < -0.3 is 0 Å². The van der Waals surface area contributed by atoms with Crippen molar-refractivity contribution in [3.8, 4) is 0 Å². The Labute approximate surface area is 131 Å². The second-order valence-corrected chi connectivity index (χ2v) is 7.65. The Morgan fingerprint density at radius 1 is 1.14 bits per heavy atom. The lowest BCUT2D eigenvalue weighted by Gasteiger charge is -2.08. The molecule has 2 aromatic rings. The van der Waals surface area contributed by atoms with E-state index in [1.54, 1.807) is 0 Å². The van der Waals surface area contributed by atoms with Gasteiger partial charge in [-0.05, 0) is 30.2 Å². The van der Waals surface area contributed by atoms with Gasteiger partial charge in [-0.1, -0.05) is 46.3 Å². The quantitative estimate of drug-likeness (QED) is 0.897. The molecule has 0 saturated heterocycles. The minimum Gasteiger partial charge on any atom is -0.207 e. The monoisotopic (exact) mass is 369 g/mol. The van der Waals surface area contributed by atoms with E-state index in [0.29, 0.717) is 4.47 Å². The van der Waals surface area contributed by atoms with E-state index in [1.165, 1.54) is 12.1 Å². The number of halogens is 2. The first-order valence-corrected chi connectivity index (χ1v) is 8.77. The normalized spacial score (nSPS) is 21.2. The summed E-state index contributed by atoms with van der Waals surface area (Å²) >= 11 is 3.11. The molecule has 0 aromatic heterocycles. The summed E-state index contributed by atoms with van der Waals surface area (Å²) in [5, 5.41) is 0. The Balaban J connectivity index is 1.76. The lowest BCUT2D eigenvalue weighted by molar-refractivity contribution is 0.555. The van der Waals surface area contributed by atoms with E-state index in [-0.39, 0.29) is 16.9 Å². The Kier molecular flexibility index (Phi) is 3.86. The Hall–Kier alpha value is -1.24. The number of nitrogens with one attached hydrogen (secondary N) is 1. The van der Waals surface area contributed by atoms with Crippen LogP contribution in [0.4, 0.5) is 4.39 Å². The second-order valence-electron chi connectivity index (χ2n) is 5.06. The van der Waals surface area contributed by atoms with Gasteiger partial charge in [0.15, 0.2) is 0 Å². The average molecular weight is 370 g/mol. The van der Waals surface area contributed by atoms with Crippen molar-refractivity contribution in [2.75, 3.05) is 0 Å². The first-order valence-electron chi connectivity index (χ1n) is 6.50. The summed E-state index contributed by atoms with van der Waals surface area (Å²) < 4.78 is 41.3. The maximum absolute atomic E-state index is 13.8. The Morgan fingerprint density at radius 2 is 1.86 bits per heavy atom.